The number of amides is 1. The molecule has 0 aliphatic carbocycles. The number of carbonyl (C=O) groups excluding carboxylic acids is 1. The second-order valence-corrected chi connectivity index (χ2v) is 7.66. The first-order valence-electron chi connectivity index (χ1n) is 9.81. The number of benzene rings is 2. The fourth-order valence-electron chi connectivity index (χ4n) is 3.17. The van der Waals surface area contributed by atoms with E-state index in [9.17, 15) is 9.59 Å². The third-order valence-corrected chi connectivity index (χ3v) is 5.66. The Bertz CT molecular complexity index is 1170. The number of thioether (sulfide) groups is 1. The van der Waals surface area contributed by atoms with Crippen molar-refractivity contribution in [3.05, 3.63) is 65.0 Å². The average molecular weight is 456 g/mol. The summed E-state index contributed by atoms with van der Waals surface area (Å²) in [7, 11) is 4.61. The van der Waals surface area contributed by atoms with Crippen molar-refractivity contribution in [2.24, 2.45) is 0 Å². The van der Waals surface area contributed by atoms with Gasteiger partial charge in [-0.3, -0.25) is 14.2 Å². The van der Waals surface area contributed by atoms with Gasteiger partial charge in [0.1, 0.15) is 0 Å². The maximum atomic E-state index is 12.8. The summed E-state index contributed by atoms with van der Waals surface area (Å²) < 4.78 is 17.5. The summed E-state index contributed by atoms with van der Waals surface area (Å²) in [6, 6.07) is 10.7. The summed E-state index contributed by atoms with van der Waals surface area (Å²) in [5.74, 6) is 1.42. The van der Waals surface area contributed by atoms with Gasteiger partial charge in [-0.15, -0.1) is 6.58 Å². The second-order valence-electron chi connectivity index (χ2n) is 6.71. The fourth-order valence-corrected chi connectivity index (χ4v) is 4.01. The third-order valence-electron chi connectivity index (χ3n) is 4.68. The molecule has 9 heteroatoms. The highest BCUT2D eigenvalue weighted by molar-refractivity contribution is 7.99. The molecule has 0 radical (unpaired) electrons. The van der Waals surface area contributed by atoms with Crippen LogP contribution in [0.2, 0.25) is 0 Å². The number of fused-ring (bicyclic) bond motifs is 1. The van der Waals surface area contributed by atoms with Crippen molar-refractivity contribution < 1.29 is 19.0 Å². The average Bonchev–Trinajstić information content (AvgIpc) is 2.82. The van der Waals surface area contributed by atoms with Crippen molar-refractivity contribution in [3.63, 3.8) is 0 Å². The molecular formula is C23H25N3O5S. The van der Waals surface area contributed by atoms with Gasteiger partial charge in [0.15, 0.2) is 16.7 Å². The molecule has 2 aromatic carbocycles. The zero-order chi connectivity index (χ0) is 23.1. The van der Waals surface area contributed by atoms with Crippen molar-refractivity contribution >= 4 is 28.6 Å². The lowest BCUT2D eigenvalue weighted by Gasteiger charge is -2.14. The number of hydrogen-bond acceptors (Lipinski definition) is 7. The Balaban J connectivity index is 1.72. The largest absolute Gasteiger partial charge is 0.493 e. The molecule has 0 fully saturated rings. The standard InChI is InChI=1S/C23H25N3O5S/c1-5-10-26-22(28)16-8-6-7-9-17(16)25-23(26)32-14-20(27)24-13-15-11-18(29-2)21(31-4)19(12-15)30-3/h5-9,11-12H,1,10,13-14H2,2-4H3,(H,24,27). The van der Waals surface area contributed by atoms with E-state index in [1.165, 1.54) is 37.7 Å². The number of para-hydroxylation sites is 1. The van der Waals surface area contributed by atoms with Gasteiger partial charge in [-0.2, -0.15) is 0 Å². The molecule has 3 aromatic rings. The van der Waals surface area contributed by atoms with Crippen molar-refractivity contribution in [1.29, 1.82) is 0 Å². The fraction of sp³-hybridized carbons (Fsp3) is 0.261. The Morgan fingerprint density at radius 1 is 1.16 bits per heavy atom. The van der Waals surface area contributed by atoms with Crippen molar-refractivity contribution in [3.8, 4) is 17.2 Å². The Morgan fingerprint density at radius 3 is 2.47 bits per heavy atom. The molecule has 0 aliphatic rings. The third kappa shape index (κ3) is 5.05. The lowest BCUT2D eigenvalue weighted by Crippen LogP contribution is -2.26. The molecule has 32 heavy (non-hydrogen) atoms. The zero-order valence-corrected chi connectivity index (χ0v) is 19.0. The highest BCUT2D eigenvalue weighted by Gasteiger charge is 2.15. The van der Waals surface area contributed by atoms with Gasteiger partial charge < -0.3 is 19.5 Å². The highest BCUT2D eigenvalue weighted by Crippen LogP contribution is 2.38. The molecule has 0 spiro atoms. The number of ether oxygens (including phenoxy) is 3. The Kier molecular flexibility index (Phi) is 7.77. The minimum Gasteiger partial charge on any atom is -0.493 e. The molecule has 168 valence electrons. The van der Waals surface area contributed by atoms with Crippen LogP contribution in [0.4, 0.5) is 0 Å². The smallest absolute Gasteiger partial charge is 0.262 e. The van der Waals surface area contributed by atoms with E-state index in [0.29, 0.717) is 39.9 Å². The van der Waals surface area contributed by atoms with Gasteiger partial charge >= 0.3 is 0 Å². The molecule has 0 atom stereocenters. The molecule has 8 nitrogen and oxygen atoms in total. The topological polar surface area (TPSA) is 91.7 Å². The number of nitrogens with one attached hydrogen (secondary N) is 1. The second kappa shape index (κ2) is 10.7. The van der Waals surface area contributed by atoms with Crippen molar-refractivity contribution in [2.75, 3.05) is 27.1 Å². The van der Waals surface area contributed by atoms with Gasteiger partial charge in [0.05, 0.1) is 38.0 Å². The number of aromatic nitrogens is 2. The predicted octanol–water partition coefficient (Wildman–Crippen LogP) is 3.02. The van der Waals surface area contributed by atoms with Crippen LogP contribution >= 0.6 is 11.8 Å². The predicted molar refractivity (Wildman–Crippen MR) is 125 cm³/mol. The van der Waals surface area contributed by atoms with Crippen LogP contribution in [0.1, 0.15) is 5.56 Å². The van der Waals surface area contributed by atoms with Gasteiger partial charge in [0, 0.05) is 13.1 Å². The number of rotatable bonds is 10. The number of allylic oxidation sites excluding steroid dienone is 1. The normalized spacial score (nSPS) is 10.6. The van der Waals surface area contributed by atoms with Crippen molar-refractivity contribution in [1.82, 2.24) is 14.9 Å². The molecule has 1 N–H and O–H groups in total. The molecular weight excluding hydrogens is 430 g/mol. The van der Waals surface area contributed by atoms with Crippen LogP contribution in [-0.2, 0) is 17.9 Å². The van der Waals surface area contributed by atoms with Crippen LogP contribution in [0.15, 0.2) is 59.0 Å². The maximum absolute atomic E-state index is 12.8. The summed E-state index contributed by atoms with van der Waals surface area (Å²) in [6.07, 6.45) is 1.63. The lowest BCUT2D eigenvalue weighted by atomic mass is 10.2. The van der Waals surface area contributed by atoms with Gasteiger partial charge in [-0.1, -0.05) is 30.0 Å². The quantitative estimate of drug-likeness (QED) is 0.285. The molecule has 1 heterocycles. The van der Waals surface area contributed by atoms with Gasteiger partial charge in [-0.05, 0) is 29.8 Å². The highest BCUT2D eigenvalue weighted by atomic mass is 32.2. The molecule has 0 saturated carbocycles. The van der Waals surface area contributed by atoms with E-state index in [1.54, 1.807) is 36.4 Å². The monoisotopic (exact) mass is 455 g/mol. The van der Waals surface area contributed by atoms with Gasteiger partial charge in [0.2, 0.25) is 11.7 Å². The van der Waals surface area contributed by atoms with E-state index in [1.807, 2.05) is 6.07 Å². The Hall–Kier alpha value is -3.46. The van der Waals surface area contributed by atoms with Crippen LogP contribution in [0.25, 0.3) is 10.9 Å². The summed E-state index contributed by atoms with van der Waals surface area (Å²) in [4.78, 5) is 29.8. The first-order chi connectivity index (χ1) is 15.5. The number of methoxy groups -OCH3 is 3. The summed E-state index contributed by atoms with van der Waals surface area (Å²) in [5.41, 5.74) is 1.24. The van der Waals surface area contributed by atoms with Crippen LogP contribution in [0.3, 0.4) is 0 Å². The summed E-state index contributed by atoms with van der Waals surface area (Å²) in [6.45, 7) is 4.30. The SMILES string of the molecule is C=CCn1c(SCC(=O)NCc2cc(OC)c(OC)c(OC)c2)nc2ccccc2c1=O. The number of nitrogens with zero attached hydrogens (tertiary/aromatic N) is 2. The minimum atomic E-state index is -0.198. The van der Waals surface area contributed by atoms with Crippen LogP contribution in [-0.4, -0.2) is 42.5 Å². The lowest BCUT2D eigenvalue weighted by molar-refractivity contribution is -0.118. The van der Waals surface area contributed by atoms with Crippen LogP contribution in [0.5, 0.6) is 17.2 Å². The number of hydrogen-bond donors (Lipinski definition) is 1. The first-order valence-corrected chi connectivity index (χ1v) is 10.8. The molecule has 0 saturated heterocycles. The van der Waals surface area contributed by atoms with E-state index < -0.39 is 0 Å². The van der Waals surface area contributed by atoms with Gasteiger partial charge in [-0.25, -0.2) is 4.98 Å². The first kappa shape index (κ1) is 23.2. The number of carbonyl (C=O) groups is 1. The van der Waals surface area contributed by atoms with Crippen LogP contribution in [0, 0.1) is 0 Å². The Morgan fingerprint density at radius 2 is 1.84 bits per heavy atom. The van der Waals surface area contributed by atoms with E-state index in [2.05, 4.69) is 16.9 Å². The maximum Gasteiger partial charge on any atom is 0.262 e. The molecule has 3 rings (SSSR count). The zero-order valence-electron chi connectivity index (χ0n) is 18.2. The van der Waals surface area contributed by atoms with E-state index in [-0.39, 0.29) is 23.8 Å². The molecule has 1 amide bonds. The van der Waals surface area contributed by atoms with E-state index >= 15 is 0 Å². The molecule has 0 unspecified atom stereocenters. The molecule has 0 aliphatic heterocycles. The summed E-state index contributed by atoms with van der Waals surface area (Å²) >= 11 is 1.20. The van der Waals surface area contributed by atoms with Gasteiger partial charge in [0.25, 0.3) is 5.56 Å². The molecule has 1 aromatic heterocycles. The molecule has 0 bridgehead atoms. The van der Waals surface area contributed by atoms with Crippen molar-refractivity contribution in [2.45, 2.75) is 18.2 Å². The van der Waals surface area contributed by atoms with E-state index in [4.69, 9.17) is 14.2 Å². The van der Waals surface area contributed by atoms with Crippen LogP contribution < -0.4 is 25.1 Å². The summed E-state index contributed by atoms with van der Waals surface area (Å²) in [5, 5.41) is 3.87. The minimum absolute atomic E-state index is 0.104. The van der Waals surface area contributed by atoms with E-state index in [0.717, 1.165) is 5.56 Å². The Labute approximate surface area is 190 Å².